The second kappa shape index (κ2) is 9.12. The van der Waals surface area contributed by atoms with Gasteiger partial charge in [0.1, 0.15) is 5.54 Å². The van der Waals surface area contributed by atoms with Crippen molar-refractivity contribution < 1.29 is 39.9 Å². The molecule has 6 nitrogen and oxygen atoms in total. The molecule has 2 aromatic carbocycles. The van der Waals surface area contributed by atoms with Crippen LogP contribution in [0.4, 0.5) is 22.0 Å². The van der Waals surface area contributed by atoms with Crippen LogP contribution in [-0.4, -0.2) is 38.3 Å². The molecule has 4 rings (SSSR count). The largest absolute Gasteiger partial charge is 0.417 e. The molecule has 0 heterocycles. The summed E-state index contributed by atoms with van der Waals surface area (Å²) >= 11 is 0. The smallest absolute Gasteiger partial charge is 0.381 e. The molecular formula is C24H21F5N2O4S. The van der Waals surface area contributed by atoms with Crippen molar-refractivity contribution in [1.82, 2.24) is 5.32 Å². The number of carbonyl (C=O) groups is 1. The van der Waals surface area contributed by atoms with E-state index in [2.05, 4.69) is 5.32 Å². The molecule has 0 aromatic heterocycles. The lowest BCUT2D eigenvalue weighted by atomic mass is 10.0. The Kier molecular flexibility index (Phi) is 6.59. The van der Waals surface area contributed by atoms with Gasteiger partial charge >= 0.3 is 6.18 Å². The van der Waals surface area contributed by atoms with Crippen molar-refractivity contribution in [3.8, 4) is 17.2 Å². The average molecular weight is 528 g/mol. The van der Waals surface area contributed by atoms with Crippen molar-refractivity contribution in [2.24, 2.45) is 5.92 Å². The predicted molar refractivity (Wildman–Crippen MR) is 117 cm³/mol. The van der Waals surface area contributed by atoms with E-state index in [-0.39, 0.29) is 24.0 Å². The number of ether oxygens (including phenoxy) is 1. The molecule has 12 heteroatoms. The molecule has 0 aliphatic heterocycles. The first kappa shape index (κ1) is 26.0. The summed E-state index contributed by atoms with van der Waals surface area (Å²) in [5, 5.41) is 10.5. The first-order valence-corrected chi connectivity index (χ1v) is 12.5. The van der Waals surface area contributed by atoms with E-state index >= 15 is 0 Å². The zero-order valence-electron chi connectivity index (χ0n) is 18.9. The van der Waals surface area contributed by atoms with Crippen LogP contribution in [0.15, 0.2) is 41.3 Å². The Labute approximate surface area is 204 Å². The van der Waals surface area contributed by atoms with Gasteiger partial charge in [0.05, 0.1) is 33.8 Å². The van der Waals surface area contributed by atoms with Crippen LogP contribution in [0.5, 0.6) is 0 Å². The van der Waals surface area contributed by atoms with Gasteiger partial charge in [-0.15, -0.1) is 0 Å². The summed E-state index contributed by atoms with van der Waals surface area (Å²) in [7, 11) is -3.32. The molecule has 1 amide bonds. The summed E-state index contributed by atoms with van der Waals surface area (Å²) < 4.78 is 101. The average Bonchev–Trinajstić information content (AvgIpc) is 3.45. The zero-order chi connectivity index (χ0) is 26.5. The van der Waals surface area contributed by atoms with E-state index in [0.717, 1.165) is 30.3 Å². The number of rotatable bonds is 6. The minimum absolute atomic E-state index is 0.0631. The molecule has 0 radical (unpaired) electrons. The number of methoxy groups -OCH3 is 1. The number of benzene rings is 2. The van der Waals surface area contributed by atoms with Crippen LogP contribution in [0, 0.1) is 28.9 Å². The van der Waals surface area contributed by atoms with E-state index in [0.29, 0.717) is 18.9 Å². The van der Waals surface area contributed by atoms with Crippen LogP contribution in [0.2, 0.25) is 0 Å². The molecule has 3 unspecified atom stereocenters. The normalized spacial score (nSPS) is 23.2. The predicted octanol–water partition coefficient (Wildman–Crippen LogP) is 4.39. The fourth-order valence-electron chi connectivity index (χ4n) is 4.50. The maximum absolute atomic E-state index is 14.0. The fourth-order valence-corrected chi connectivity index (χ4v) is 6.50. The maximum Gasteiger partial charge on any atom is 0.417 e. The molecule has 2 aromatic rings. The Bertz CT molecular complexity index is 1350. The van der Waals surface area contributed by atoms with E-state index in [4.69, 9.17) is 4.74 Å². The Morgan fingerprint density at radius 1 is 1.08 bits per heavy atom. The van der Waals surface area contributed by atoms with Crippen molar-refractivity contribution in [1.29, 1.82) is 5.26 Å². The van der Waals surface area contributed by atoms with Crippen LogP contribution in [0.1, 0.15) is 31.2 Å². The lowest BCUT2D eigenvalue weighted by Crippen LogP contribution is -2.42. The molecule has 0 saturated heterocycles. The number of nitrogens with one attached hydrogen (secondary N) is 1. The molecule has 36 heavy (non-hydrogen) atoms. The molecule has 2 aliphatic carbocycles. The molecule has 2 fully saturated rings. The first-order valence-electron chi connectivity index (χ1n) is 11.0. The molecule has 0 spiro atoms. The second-order valence-electron chi connectivity index (χ2n) is 9.04. The monoisotopic (exact) mass is 528 g/mol. The number of amides is 1. The lowest BCUT2D eigenvalue weighted by Gasteiger charge is -2.19. The molecule has 2 saturated carbocycles. The quantitative estimate of drug-likeness (QED) is 0.561. The molecule has 3 atom stereocenters. The van der Waals surface area contributed by atoms with E-state index < -0.39 is 66.8 Å². The van der Waals surface area contributed by atoms with Crippen molar-refractivity contribution in [2.75, 3.05) is 7.11 Å². The van der Waals surface area contributed by atoms with Crippen LogP contribution >= 0.6 is 0 Å². The highest BCUT2D eigenvalue weighted by Crippen LogP contribution is 2.43. The summed E-state index contributed by atoms with van der Waals surface area (Å²) in [6.45, 7) is 0. The van der Waals surface area contributed by atoms with E-state index in [9.17, 15) is 40.4 Å². The fraction of sp³-hybridized carbons (Fsp3) is 0.417. The molecule has 2 aliphatic rings. The number of alkyl halides is 3. The SMILES string of the molecule is COC1CC(S(=O)(=O)c2ccc(-c3ccc(F)c(F)c3)cc2C(F)(F)F)CC1C(=O)NC1(C#N)CC1. The molecular weight excluding hydrogens is 507 g/mol. The number of hydrogen-bond acceptors (Lipinski definition) is 5. The summed E-state index contributed by atoms with van der Waals surface area (Å²) in [4.78, 5) is 11.8. The van der Waals surface area contributed by atoms with Gasteiger partial charge in [-0.25, -0.2) is 17.2 Å². The standard InChI is InChI=1S/C24H21F5N2O4S/c1-35-20-11-15(10-16(20)22(32)31-23(12-30)6-7-23)36(33,34)21-5-3-13(8-17(21)24(27,28)29)14-2-4-18(25)19(26)9-14/h2-5,8-9,15-16,20H,6-7,10-11H2,1H3,(H,31,32). The number of hydrogen-bond donors (Lipinski definition) is 1. The maximum atomic E-state index is 14.0. The highest BCUT2D eigenvalue weighted by molar-refractivity contribution is 7.92. The molecule has 0 bridgehead atoms. The number of sulfone groups is 1. The third-order valence-electron chi connectivity index (χ3n) is 6.71. The lowest BCUT2D eigenvalue weighted by molar-refractivity contribution is -0.139. The minimum Gasteiger partial charge on any atom is -0.381 e. The number of nitrogens with zero attached hydrogens (tertiary/aromatic N) is 1. The van der Waals surface area contributed by atoms with Crippen molar-refractivity contribution in [3.05, 3.63) is 53.6 Å². The number of carbonyl (C=O) groups excluding carboxylic acids is 1. The van der Waals surface area contributed by atoms with Gasteiger partial charge in [-0.1, -0.05) is 12.1 Å². The van der Waals surface area contributed by atoms with E-state index in [1.54, 1.807) is 0 Å². The van der Waals surface area contributed by atoms with E-state index in [1.807, 2.05) is 6.07 Å². The van der Waals surface area contributed by atoms with Crippen molar-refractivity contribution >= 4 is 15.7 Å². The van der Waals surface area contributed by atoms with Gasteiger partial charge in [0.25, 0.3) is 0 Å². The third-order valence-corrected chi connectivity index (χ3v) is 8.94. The Morgan fingerprint density at radius 3 is 2.28 bits per heavy atom. The molecule has 1 N–H and O–H groups in total. The Hall–Kier alpha value is -3.04. The van der Waals surface area contributed by atoms with Crippen LogP contribution in [0.3, 0.4) is 0 Å². The van der Waals surface area contributed by atoms with Gasteiger partial charge in [0.2, 0.25) is 5.91 Å². The minimum atomic E-state index is -5.07. The second-order valence-corrected chi connectivity index (χ2v) is 11.2. The molecule has 192 valence electrons. The van der Waals surface area contributed by atoms with Crippen molar-refractivity contribution in [2.45, 2.75) is 53.6 Å². The van der Waals surface area contributed by atoms with Gasteiger partial charge < -0.3 is 10.1 Å². The van der Waals surface area contributed by atoms with Crippen molar-refractivity contribution in [3.63, 3.8) is 0 Å². The summed E-state index contributed by atoms with van der Waals surface area (Å²) in [6.07, 6.45) is -5.51. The van der Waals surface area contributed by atoms with Crippen LogP contribution in [0.25, 0.3) is 11.1 Å². The van der Waals surface area contributed by atoms with Gasteiger partial charge in [0, 0.05) is 7.11 Å². The van der Waals surface area contributed by atoms with E-state index in [1.165, 1.54) is 7.11 Å². The summed E-state index contributed by atoms with van der Waals surface area (Å²) in [5.41, 5.74) is -2.66. The summed E-state index contributed by atoms with van der Waals surface area (Å²) in [5.74, 6) is -3.98. The Balaban J connectivity index is 1.67. The van der Waals surface area contributed by atoms with Gasteiger partial charge in [-0.3, -0.25) is 4.79 Å². The third kappa shape index (κ3) is 4.82. The first-order chi connectivity index (χ1) is 16.8. The zero-order valence-corrected chi connectivity index (χ0v) is 19.7. The number of halogens is 5. The van der Waals surface area contributed by atoms with Gasteiger partial charge in [-0.05, 0) is 61.1 Å². The topological polar surface area (TPSA) is 96.3 Å². The highest BCUT2D eigenvalue weighted by Gasteiger charge is 2.51. The highest BCUT2D eigenvalue weighted by atomic mass is 32.2. The number of nitriles is 1. The van der Waals surface area contributed by atoms with Crippen LogP contribution in [-0.2, 0) is 25.5 Å². The van der Waals surface area contributed by atoms with Gasteiger partial charge in [-0.2, -0.15) is 18.4 Å². The Morgan fingerprint density at radius 2 is 1.72 bits per heavy atom. The summed E-state index contributed by atoms with van der Waals surface area (Å²) in [6, 6.07) is 7.02. The van der Waals surface area contributed by atoms with Crippen LogP contribution < -0.4 is 5.32 Å². The van der Waals surface area contributed by atoms with Gasteiger partial charge in [0.15, 0.2) is 21.5 Å².